The highest BCUT2D eigenvalue weighted by Crippen LogP contribution is 2.45. The Morgan fingerprint density at radius 2 is 1.71 bits per heavy atom. The van der Waals surface area contributed by atoms with Crippen LogP contribution in [0.3, 0.4) is 0 Å². The van der Waals surface area contributed by atoms with Crippen LogP contribution in [0, 0.1) is 5.41 Å². The Labute approximate surface area is 248 Å². The molecule has 7 heteroatoms. The number of allylic oxidation sites excluding steroid dienone is 1. The van der Waals surface area contributed by atoms with Crippen LogP contribution < -0.4 is 5.32 Å². The summed E-state index contributed by atoms with van der Waals surface area (Å²) in [6.45, 7) is 10.7. The maximum atomic E-state index is 12.4. The highest BCUT2D eigenvalue weighted by atomic mass is 35.5. The van der Waals surface area contributed by atoms with Crippen LogP contribution in [0.4, 0.5) is 0 Å². The van der Waals surface area contributed by atoms with Crippen molar-refractivity contribution in [3.05, 3.63) is 75.3 Å². The van der Waals surface area contributed by atoms with Crippen LogP contribution in [0.15, 0.2) is 48.0 Å². The second-order valence-electron chi connectivity index (χ2n) is 13.8. The van der Waals surface area contributed by atoms with Crippen LogP contribution >= 0.6 is 11.6 Å². The van der Waals surface area contributed by atoms with E-state index in [0.717, 1.165) is 50.7 Å². The Bertz CT molecular complexity index is 1390. The van der Waals surface area contributed by atoms with Crippen molar-refractivity contribution >= 4 is 29.0 Å². The molecule has 2 amide bonds. The number of carbonyl (C=O) groups is 2. The molecule has 0 spiro atoms. The molecular formula is C34H41ClN4O2. The van der Waals surface area contributed by atoms with Gasteiger partial charge in [-0.25, -0.2) is 0 Å². The number of halogens is 1. The molecule has 8 rings (SSSR count). The molecule has 6 aliphatic rings. The highest BCUT2D eigenvalue weighted by Gasteiger charge is 2.45. The van der Waals surface area contributed by atoms with E-state index in [1.54, 1.807) is 11.1 Å². The molecule has 3 unspecified atom stereocenters. The van der Waals surface area contributed by atoms with E-state index in [4.69, 9.17) is 11.6 Å². The smallest absolute Gasteiger partial charge is 0.243 e. The molecule has 5 aliphatic heterocycles. The summed E-state index contributed by atoms with van der Waals surface area (Å²) in [5.74, 6) is -0.288. The van der Waals surface area contributed by atoms with Gasteiger partial charge in [0, 0.05) is 62.8 Å². The minimum atomic E-state index is -0.200. The van der Waals surface area contributed by atoms with Crippen molar-refractivity contribution in [1.82, 2.24) is 20.0 Å². The van der Waals surface area contributed by atoms with Crippen LogP contribution in [-0.2, 0) is 29.2 Å². The minimum Gasteiger partial charge on any atom is -0.296 e. The van der Waals surface area contributed by atoms with Gasteiger partial charge in [0.2, 0.25) is 11.8 Å². The summed E-state index contributed by atoms with van der Waals surface area (Å²) >= 11 is 6.22. The van der Waals surface area contributed by atoms with Gasteiger partial charge < -0.3 is 0 Å². The first-order valence-corrected chi connectivity index (χ1v) is 15.7. The number of hydrogen-bond acceptors (Lipinski definition) is 5. The van der Waals surface area contributed by atoms with Gasteiger partial charge in [0.15, 0.2) is 0 Å². The van der Waals surface area contributed by atoms with Gasteiger partial charge in [-0.15, -0.1) is 0 Å². The lowest BCUT2D eigenvalue weighted by Crippen LogP contribution is -2.68. The van der Waals surface area contributed by atoms with E-state index in [2.05, 4.69) is 64.2 Å². The van der Waals surface area contributed by atoms with E-state index in [1.165, 1.54) is 41.5 Å². The quantitative estimate of drug-likeness (QED) is 0.471. The predicted molar refractivity (Wildman–Crippen MR) is 162 cm³/mol. The Balaban J connectivity index is 0.986. The van der Waals surface area contributed by atoms with Crippen LogP contribution in [0.2, 0.25) is 5.02 Å². The van der Waals surface area contributed by atoms with Crippen molar-refractivity contribution in [3.63, 3.8) is 0 Å². The average Bonchev–Trinajstić information content (AvgIpc) is 3.35. The van der Waals surface area contributed by atoms with Gasteiger partial charge in [0.1, 0.15) is 0 Å². The number of piperidine rings is 2. The third-order valence-electron chi connectivity index (χ3n) is 10.2. The zero-order valence-electron chi connectivity index (χ0n) is 24.3. The summed E-state index contributed by atoms with van der Waals surface area (Å²) in [6, 6.07) is 16.4. The normalized spacial score (nSPS) is 28.4. The first-order chi connectivity index (χ1) is 19.7. The topological polar surface area (TPSA) is 55.9 Å². The van der Waals surface area contributed by atoms with Crippen molar-refractivity contribution < 1.29 is 9.59 Å². The van der Waals surface area contributed by atoms with E-state index in [-0.39, 0.29) is 17.9 Å². The van der Waals surface area contributed by atoms with E-state index in [9.17, 15) is 9.59 Å². The van der Waals surface area contributed by atoms with Gasteiger partial charge in [-0.3, -0.25) is 29.6 Å². The van der Waals surface area contributed by atoms with E-state index in [1.807, 2.05) is 12.1 Å². The first-order valence-electron chi connectivity index (χ1n) is 15.3. The fourth-order valence-electron chi connectivity index (χ4n) is 7.93. The molecule has 2 bridgehead atoms. The van der Waals surface area contributed by atoms with Gasteiger partial charge in [-0.05, 0) is 77.5 Å². The van der Waals surface area contributed by atoms with E-state index >= 15 is 0 Å². The molecule has 0 radical (unpaired) electrons. The summed E-state index contributed by atoms with van der Waals surface area (Å²) in [5, 5.41) is 3.32. The highest BCUT2D eigenvalue weighted by molar-refractivity contribution is 6.30. The second-order valence-corrected chi connectivity index (χ2v) is 14.3. The van der Waals surface area contributed by atoms with Crippen LogP contribution in [0.1, 0.15) is 74.6 Å². The van der Waals surface area contributed by atoms with Gasteiger partial charge >= 0.3 is 0 Å². The van der Waals surface area contributed by atoms with Crippen LogP contribution in [-0.4, -0.2) is 64.3 Å². The van der Waals surface area contributed by atoms with Gasteiger partial charge in [0.05, 0.1) is 6.04 Å². The number of benzene rings is 2. The van der Waals surface area contributed by atoms with Crippen molar-refractivity contribution in [3.8, 4) is 0 Å². The van der Waals surface area contributed by atoms with Crippen LogP contribution in [0.25, 0.3) is 5.57 Å². The lowest BCUT2D eigenvalue weighted by molar-refractivity contribution is -0.137. The number of nitrogens with zero attached hydrogens (tertiary/aromatic N) is 3. The monoisotopic (exact) mass is 572 g/mol. The fourth-order valence-corrected chi connectivity index (χ4v) is 8.05. The molecule has 41 heavy (non-hydrogen) atoms. The third-order valence-corrected chi connectivity index (χ3v) is 10.5. The largest absolute Gasteiger partial charge is 0.296 e. The Kier molecular flexibility index (Phi) is 7.09. The van der Waals surface area contributed by atoms with E-state index < -0.39 is 0 Å². The summed E-state index contributed by atoms with van der Waals surface area (Å²) in [4.78, 5) is 31.6. The number of amides is 2. The maximum Gasteiger partial charge on any atom is 0.243 e. The van der Waals surface area contributed by atoms with Crippen molar-refractivity contribution in [2.24, 2.45) is 5.41 Å². The molecule has 6 nitrogen and oxygen atoms in total. The minimum absolute atomic E-state index is 0.139. The lowest BCUT2D eigenvalue weighted by Gasteiger charge is -2.57. The number of imide groups is 1. The third kappa shape index (κ3) is 5.52. The molecule has 216 valence electrons. The number of rotatable bonds is 6. The molecular weight excluding hydrogens is 532 g/mol. The van der Waals surface area contributed by atoms with Crippen molar-refractivity contribution in [2.45, 2.75) is 90.1 Å². The molecule has 1 N–H and O–H groups in total. The molecule has 4 fully saturated rings. The van der Waals surface area contributed by atoms with Gasteiger partial charge in [-0.2, -0.15) is 0 Å². The Morgan fingerprint density at radius 3 is 2.46 bits per heavy atom. The molecule has 0 aromatic heterocycles. The van der Waals surface area contributed by atoms with Crippen LogP contribution in [0.5, 0.6) is 0 Å². The molecule has 4 saturated heterocycles. The maximum absolute atomic E-state index is 12.4. The Hall–Kier alpha value is -2.51. The summed E-state index contributed by atoms with van der Waals surface area (Å²) < 4.78 is 0. The average molecular weight is 573 g/mol. The molecule has 3 atom stereocenters. The molecule has 2 aromatic rings. The number of piperazine rings is 1. The first kappa shape index (κ1) is 27.3. The zero-order valence-corrected chi connectivity index (χ0v) is 25.1. The zero-order chi connectivity index (χ0) is 28.3. The molecule has 1 aliphatic carbocycles. The number of fused-ring (bicyclic) bond motifs is 3. The predicted octanol–water partition coefficient (Wildman–Crippen LogP) is 5.38. The standard InChI is InChI=1S/C34H41ClN4O2/c1-34(2)12-11-25(30(15-34)23-5-7-27(35)8-6-23)19-39-28-14-29(39)21-37(20-28)16-22-3-4-24-17-38(18-26(24)13-22)31-9-10-32(40)36-33(31)41/h3-8,13,28-29,31H,9-12,14-21H2,1-2H3,(H,36,40,41). The molecule has 0 saturated carbocycles. The SMILES string of the molecule is CC1(C)CCC(CN2C3CC2CN(Cc2ccc4c(c2)CN(C2CCC(=O)NC2=O)C4)C3)=C(c2ccc(Cl)cc2)C1. The molecule has 5 heterocycles. The summed E-state index contributed by atoms with van der Waals surface area (Å²) in [6.07, 6.45) is 5.95. The van der Waals surface area contributed by atoms with Crippen molar-refractivity contribution in [2.75, 3.05) is 19.6 Å². The molecule has 2 aromatic carbocycles. The lowest BCUT2D eigenvalue weighted by atomic mass is 9.72. The summed E-state index contributed by atoms with van der Waals surface area (Å²) in [7, 11) is 0. The van der Waals surface area contributed by atoms with Gasteiger partial charge in [0.25, 0.3) is 0 Å². The number of carbonyl (C=O) groups excluding carboxylic acids is 2. The number of nitrogens with one attached hydrogen (secondary N) is 1. The van der Waals surface area contributed by atoms with Crippen molar-refractivity contribution in [1.29, 1.82) is 0 Å². The fraction of sp³-hybridized carbons (Fsp3) is 0.529. The summed E-state index contributed by atoms with van der Waals surface area (Å²) in [5.41, 5.74) is 8.87. The Morgan fingerprint density at radius 1 is 0.951 bits per heavy atom. The van der Waals surface area contributed by atoms with E-state index in [0.29, 0.717) is 30.3 Å². The second kappa shape index (κ2) is 10.6. The van der Waals surface area contributed by atoms with Gasteiger partial charge in [-0.1, -0.05) is 61.4 Å². The number of hydrogen-bond donors (Lipinski definition) is 1.